The first kappa shape index (κ1) is 17.0. The highest BCUT2D eigenvalue weighted by molar-refractivity contribution is 7.92. The van der Waals surface area contributed by atoms with E-state index in [2.05, 4.69) is 9.88 Å². The highest BCUT2D eigenvalue weighted by atomic mass is 32.2. The molecule has 0 spiro atoms. The fourth-order valence-corrected chi connectivity index (χ4v) is 3.79. The van der Waals surface area contributed by atoms with Crippen LogP contribution in [0.5, 0.6) is 11.5 Å². The molecule has 7 heteroatoms. The van der Waals surface area contributed by atoms with Gasteiger partial charge in [0.05, 0.1) is 0 Å². The van der Waals surface area contributed by atoms with Crippen molar-refractivity contribution in [1.29, 1.82) is 0 Å². The van der Waals surface area contributed by atoms with Crippen molar-refractivity contribution < 1.29 is 17.7 Å². The fourth-order valence-electron chi connectivity index (χ4n) is 2.40. The average Bonchev–Trinajstić information content (AvgIpc) is 2.91. The first-order valence-electron chi connectivity index (χ1n) is 7.65. The van der Waals surface area contributed by atoms with Gasteiger partial charge in [0.1, 0.15) is 17.2 Å². The van der Waals surface area contributed by atoms with Crippen LogP contribution in [0.2, 0.25) is 0 Å². The van der Waals surface area contributed by atoms with E-state index in [4.69, 9.17) is 9.26 Å². The van der Waals surface area contributed by atoms with Gasteiger partial charge in [-0.3, -0.25) is 4.72 Å². The van der Waals surface area contributed by atoms with E-state index < -0.39 is 10.0 Å². The molecule has 1 N–H and O–H groups in total. The zero-order chi connectivity index (χ0) is 18.0. The van der Waals surface area contributed by atoms with Gasteiger partial charge in [0, 0.05) is 5.69 Å². The predicted molar refractivity (Wildman–Crippen MR) is 94.5 cm³/mol. The lowest BCUT2D eigenvalue weighted by atomic mass is 10.2. The molecule has 0 aliphatic rings. The minimum absolute atomic E-state index is 0.0625. The van der Waals surface area contributed by atoms with Crippen LogP contribution in [0.3, 0.4) is 0 Å². The van der Waals surface area contributed by atoms with Crippen molar-refractivity contribution in [2.75, 3.05) is 4.72 Å². The zero-order valence-electron chi connectivity index (χ0n) is 14.1. The number of aromatic nitrogens is 1. The van der Waals surface area contributed by atoms with Crippen molar-refractivity contribution in [3.63, 3.8) is 0 Å². The predicted octanol–water partition coefficient (Wildman–Crippen LogP) is 4.19. The summed E-state index contributed by atoms with van der Waals surface area (Å²) in [6.45, 7) is 5.15. The monoisotopic (exact) mass is 358 g/mol. The van der Waals surface area contributed by atoms with Gasteiger partial charge in [-0.1, -0.05) is 22.9 Å². The van der Waals surface area contributed by atoms with Crippen LogP contribution < -0.4 is 9.46 Å². The summed E-state index contributed by atoms with van der Waals surface area (Å²) in [5, 5.41) is 3.68. The van der Waals surface area contributed by atoms with Crippen LogP contribution in [0.1, 0.15) is 17.0 Å². The summed E-state index contributed by atoms with van der Waals surface area (Å²) in [4.78, 5) is 0.0625. The lowest BCUT2D eigenvalue weighted by Gasteiger charge is -2.09. The highest BCUT2D eigenvalue weighted by Gasteiger charge is 2.24. The van der Waals surface area contributed by atoms with E-state index in [9.17, 15) is 8.42 Å². The third kappa shape index (κ3) is 3.83. The number of hydrogen-bond donors (Lipinski definition) is 1. The molecule has 130 valence electrons. The zero-order valence-corrected chi connectivity index (χ0v) is 14.9. The van der Waals surface area contributed by atoms with Crippen LogP contribution in [-0.4, -0.2) is 13.6 Å². The first-order valence-corrected chi connectivity index (χ1v) is 9.14. The molecule has 2 aromatic carbocycles. The summed E-state index contributed by atoms with van der Waals surface area (Å²) in [7, 11) is -3.75. The van der Waals surface area contributed by atoms with Gasteiger partial charge in [-0.05, 0) is 57.2 Å². The minimum atomic E-state index is -3.75. The summed E-state index contributed by atoms with van der Waals surface area (Å²) in [5.74, 6) is 1.59. The van der Waals surface area contributed by atoms with Crippen LogP contribution in [0, 0.1) is 20.8 Å². The second kappa shape index (κ2) is 6.60. The van der Waals surface area contributed by atoms with Crippen LogP contribution in [0.15, 0.2) is 57.9 Å². The summed E-state index contributed by atoms with van der Waals surface area (Å²) < 4.78 is 38.1. The molecule has 0 aliphatic carbocycles. The van der Waals surface area contributed by atoms with Crippen LogP contribution in [0.4, 0.5) is 5.69 Å². The molecule has 0 atom stereocenters. The lowest BCUT2D eigenvalue weighted by molar-refractivity contribution is 0.390. The molecular formula is C18H18N2O4S. The maximum Gasteiger partial charge on any atom is 0.267 e. The van der Waals surface area contributed by atoms with E-state index in [1.165, 1.54) is 0 Å². The van der Waals surface area contributed by atoms with E-state index in [0.717, 1.165) is 11.3 Å². The van der Waals surface area contributed by atoms with Gasteiger partial charge in [-0.25, -0.2) is 8.42 Å². The molecule has 1 aromatic heterocycles. The van der Waals surface area contributed by atoms with E-state index >= 15 is 0 Å². The molecule has 3 rings (SSSR count). The lowest BCUT2D eigenvalue weighted by Crippen LogP contribution is -2.14. The Labute approximate surface area is 146 Å². The average molecular weight is 358 g/mol. The fraction of sp³-hybridized carbons (Fsp3) is 0.167. The topological polar surface area (TPSA) is 81.4 Å². The molecule has 0 fully saturated rings. The minimum Gasteiger partial charge on any atom is -0.457 e. The van der Waals surface area contributed by atoms with Gasteiger partial charge >= 0.3 is 0 Å². The van der Waals surface area contributed by atoms with Crippen molar-refractivity contribution >= 4 is 15.7 Å². The Morgan fingerprint density at radius 3 is 2.00 bits per heavy atom. The van der Waals surface area contributed by atoms with E-state index in [-0.39, 0.29) is 10.7 Å². The number of nitrogens with zero attached hydrogens (tertiary/aromatic N) is 1. The van der Waals surface area contributed by atoms with Gasteiger partial charge in [-0.15, -0.1) is 0 Å². The molecule has 0 bridgehead atoms. The molecule has 25 heavy (non-hydrogen) atoms. The number of hydrogen-bond acceptors (Lipinski definition) is 5. The second-order valence-corrected chi connectivity index (χ2v) is 7.32. The normalized spacial score (nSPS) is 11.3. The molecule has 6 nitrogen and oxygen atoms in total. The van der Waals surface area contributed by atoms with Crippen molar-refractivity contribution in [2.24, 2.45) is 0 Å². The van der Waals surface area contributed by atoms with Crippen LogP contribution >= 0.6 is 0 Å². The van der Waals surface area contributed by atoms with E-state index in [1.807, 2.05) is 31.2 Å². The number of aryl methyl sites for hydroxylation is 3. The Bertz CT molecular complexity index is 955. The summed E-state index contributed by atoms with van der Waals surface area (Å²) in [6, 6.07) is 14.4. The Morgan fingerprint density at radius 1 is 0.920 bits per heavy atom. The van der Waals surface area contributed by atoms with Crippen LogP contribution in [0.25, 0.3) is 0 Å². The van der Waals surface area contributed by atoms with Gasteiger partial charge in [0.25, 0.3) is 10.0 Å². The summed E-state index contributed by atoms with van der Waals surface area (Å²) in [5.41, 5.74) is 1.90. The first-order chi connectivity index (χ1) is 11.8. The third-order valence-electron chi connectivity index (χ3n) is 3.60. The standard InChI is InChI=1S/C18H18N2O4S/c1-12-4-8-16(9-5-12)23-17-10-6-15(7-11-17)20-25(21,22)18-13(2)19-24-14(18)3/h4-11,20H,1-3H3. The maximum atomic E-state index is 12.5. The molecule has 0 unspecified atom stereocenters. The SMILES string of the molecule is Cc1ccc(Oc2ccc(NS(=O)(=O)c3c(C)noc3C)cc2)cc1. The number of sulfonamides is 1. The smallest absolute Gasteiger partial charge is 0.267 e. The summed E-state index contributed by atoms with van der Waals surface area (Å²) in [6.07, 6.45) is 0. The van der Waals surface area contributed by atoms with Crippen molar-refractivity contribution in [2.45, 2.75) is 25.7 Å². The molecule has 0 saturated heterocycles. The van der Waals surface area contributed by atoms with Crippen molar-refractivity contribution in [3.8, 4) is 11.5 Å². The molecule has 3 aromatic rings. The van der Waals surface area contributed by atoms with E-state index in [1.54, 1.807) is 38.1 Å². The maximum absolute atomic E-state index is 12.5. The third-order valence-corrected chi connectivity index (χ3v) is 5.22. The molecule has 0 saturated carbocycles. The second-order valence-electron chi connectivity index (χ2n) is 5.70. The molecule has 0 aliphatic heterocycles. The Morgan fingerprint density at radius 2 is 1.48 bits per heavy atom. The Balaban J connectivity index is 1.75. The number of rotatable bonds is 5. The molecule has 0 amide bonds. The number of nitrogens with one attached hydrogen (secondary N) is 1. The van der Waals surface area contributed by atoms with Gasteiger partial charge < -0.3 is 9.26 Å². The van der Waals surface area contributed by atoms with Crippen molar-refractivity contribution in [3.05, 3.63) is 65.5 Å². The van der Waals surface area contributed by atoms with Gasteiger partial charge in [0.15, 0.2) is 10.7 Å². The number of ether oxygens (including phenoxy) is 1. The van der Waals surface area contributed by atoms with E-state index in [0.29, 0.717) is 17.1 Å². The van der Waals surface area contributed by atoms with Gasteiger partial charge in [-0.2, -0.15) is 0 Å². The van der Waals surface area contributed by atoms with Crippen LogP contribution in [-0.2, 0) is 10.0 Å². The molecular weight excluding hydrogens is 340 g/mol. The number of anilines is 1. The number of benzene rings is 2. The largest absolute Gasteiger partial charge is 0.457 e. The highest BCUT2D eigenvalue weighted by Crippen LogP contribution is 2.26. The van der Waals surface area contributed by atoms with Gasteiger partial charge in [0.2, 0.25) is 0 Å². The Hall–Kier alpha value is -2.80. The molecule has 0 radical (unpaired) electrons. The van der Waals surface area contributed by atoms with Crippen molar-refractivity contribution in [1.82, 2.24) is 5.16 Å². The summed E-state index contributed by atoms with van der Waals surface area (Å²) >= 11 is 0. The quantitative estimate of drug-likeness (QED) is 0.739. The Kier molecular flexibility index (Phi) is 4.50. The molecule has 1 heterocycles.